The number of carbonyl (C=O) groups is 2. The summed E-state index contributed by atoms with van der Waals surface area (Å²) in [4.78, 5) is 42.1. The lowest BCUT2D eigenvalue weighted by molar-refractivity contribution is -0.384. The quantitative estimate of drug-likeness (QED) is 0.337. The minimum atomic E-state index is -0.664. The minimum absolute atomic E-state index is 0.0438. The number of benzene rings is 2. The van der Waals surface area contributed by atoms with Crippen molar-refractivity contribution in [3.63, 3.8) is 0 Å². The summed E-state index contributed by atoms with van der Waals surface area (Å²) < 4.78 is 5.24. The first-order valence-corrected chi connectivity index (χ1v) is 10.4. The van der Waals surface area contributed by atoms with Crippen LogP contribution in [0.15, 0.2) is 48.5 Å². The van der Waals surface area contributed by atoms with Crippen molar-refractivity contribution < 1.29 is 19.2 Å². The Balaban J connectivity index is 1.49. The van der Waals surface area contributed by atoms with Crippen molar-refractivity contribution in [3.05, 3.63) is 69.2 Å². The third-order valence-electron chi connectivity index (χ3n) is 5.09. The van der Waals surface area contributed by atoms with Crippen LogP contribution in [0.5, 0.6) is 0 Å². The maximum Gasteiger partial charge on any atom is 0.342 e. The largest absolute Gasteiger partial charge is 0.452 e. The van der Waals surface area contributed by atoms with Crippen molar-refractivity contribution in [2.75, 3.05) is 29.9 Å². The number of esters is 1. The van der Waals surface area contributed by atoms with Crippen LogP contribution in [0.3, 0.4) is 0 Å². The standard InChI is InChI=1S/C22H19ClN4O5/c23-17-8-7-15(12-19(17)27(30)31)24-20(28)13-32-22(29)16-11-14-5-1-2-6-18(14)25-21(16)26-9-3-4-10-26/h1-2,5-8,11-12H,3-4,9-10,13H2,(H,24,28). The van der Waals surface area contributed by atoms with Gasteiger partial charge in [-0.05, 0) is 37.1 Å². The molecule has 4 rings (SSSR count). The van der Waals surface area contributed by atoms with Crippen LogP contribution in [0.4, 0.5) is 17.2 Å². The zero-order valence-electron chi connectivity index (χ0n) is 16.9. The highest BCUT2D eigenvalue weighted by Crippen LogP contribution is 2.28. The molecule has 164 valence electrons. The third kappa shape index (κ3) is 4.62. The summed E-state index contributed by atoms with van der Waals surface area (Å²) in [5.41, 5.74) is 0.903. The van der Waals surface area contributed by atoms with Gasteiger partial charge >= 0.3 is 5.97 Å². The fraction of sp³-hybridized carbons (Fsp3) is 0.227. The van der Waals surface area contributed by atoms with Crippen LogP contribution in [0, 0.1) is 10.1 Å². The molecule has 0 aliphatic carbocycles. The summed E-state index contributed by atoms with van der Waals surface area (Å²) in [7, 11) is 0. The number of anilines is 2. The summed E-state index contributed by atoms with van der Waals surface area (Å²) in [6, 6.07) is 13.1. The van der Waals surface area contributed by atoms with Gasteiger partial charge in [-0.1, -0.05) is 29.8 Å². The number of amides is 1. The minimum Gasteiger partial charge on any atom is -0.452 e. The van der Waals surface area contributed by atoms with E-state index in [1.54, 1.807) is 6.07 Å². The van der Waals surface area contributed by atoms with Crippen molar-refractivity contribution in [2.24, 2.45) is 0 Å². The van der Waals surface area contributed by atoms with E-state index < -0.39 is 23.4 Å². The number of nitrogens with zero attached hydrogens (tertiary/aromatic N) is 3. The highest BCUT2D eigenvalue weighted by atomic mass is 35.5. The highest BCUT2D eigenvalue weighted by Gasteiger charge is 2.23. The number of rotatable bonds is 6. The Bertz CT molecular complexity index is 1210. The molecule has 32 heavy (non-hydrogen) atoms. The Morgan fingerprint density at radius 1 is 1.16 bits per heavy atom. The van der Waals surface area contributed by atoms with E-state index in [0.29, 0.717) is 11.4 Å². The summed E-state index contributed by atoms with van der Waals surface area (Å²) >= 11 is 5.77. The van der Waals surface area contributed by atoms with Gasteiger partial charge < -0.3 is 15.0 Å². The van der Waals surface area contributed by atoms with Crippen LogP contribution in [-0.4, -0.2) is 41.5 Å². The second-order valence-corrected chi connectivity index (χ2v) is 7.70. The second-order valence-electron chi connectivity index (χ2n) is 7.29. The molecule has 0 atom stereocenters. The zero-order chi connectivity index (χ0) is 22.7. The van der Waals surface area contributed by atoms with Crippen LogP contribution in [0.1, 0.15) is 23.2 Å². The average molecular weight is 455 g/mol. The van der Waals surface area contributed by atoms with E-state index in [2.05, 4.69) is 10.3 Å². The number of para-hydroxylation sites is 1. The molecule has 1 amide bonds. The zero-order valence-corrected chi connectivity index (χ0v) is 17.7. The molecule has 0 unspecified atom stereocenters. The number of pyridine rings is 1. The van der Waals surface area contributed by atoms with Crippen LogP contribution in [0.25, 0.3) is 10.9 Å². The number of nitro benzene ring substituents is 1. The van der Waals surface area contributed by atoms with E-state index in [4.69, 9.17) is 16.3 Å². The molecule has 2 aromatic carbocycles. The molecule has 0 bridgehead atoms. The average Bonchev–Trinajstić information content (AvgIpc) is 3.32. The van der Waals surface area contributed by atoms with Crippen molar-refractivity contribution in [1.29, 1.82) is 0 Å². The van der Waals surface area contributed by atoms with Gasteiger partial charge in [0.05, 0.1) is 10.4 Å². The molecule has 10 heteroatoms. The number of fused-ring (bicyclic) bond motifs is 1. The molecule has 2 heterocycles. The molecule has 1 aliphatic rings. The fourth-order valence-electron chi connectivity index (χ4n) is 3.56. The first-order valence-electron chi connectivity index (χ1n) is 9.98. The van der Waals surface area contributed by atoms with E-state index >= 15 is 0 Å². The lowest BCUT2D eigenvalue weighted by Gasteiger charge is -2.20. The normalized spacial score (nSPS) is 13.2. The van der Waals surface area contributed by atoms with E-state index in [-0.39, 0.29) is 16.4 Å². The van der Waals surface area contributed by atoms with Gasteiger partial charge in [-0.3, -0.25) is 14.9 Å². The molecule has 1 aromatic heterocycles. The third-order valence-corrected chi connectivity index (χ3v) is 5.41. The van der Waals surface area contributed by atoms with Gasteiger partial charge in [0.1, 0.15) is 16.4 Å². The van der Waals surface area contributed by atoms with Crippen molar-refractivity contribution >= 4 is 51.6 Å². The number of carbonyl (C=O) groups excluding carboxylic acids is 2. The van der Waals surface area contributed by atoms with Gasteiger partial charge in [0.25, 0.3) is 11.6 Å². The summed E-state index contributed by atoms with van der Waals surface area (Å²) in [6.45, 7) is 1.03. The topological polar surface area (TPSA) is 115 Å². The molecule has 0 spiro atoms. The van der Waals surface area contributed by atoms with Gasteiger partial charge in [0, 0.05) is 30.2 Å². The molecule has 1 saturated heterocycles. The molecule has 9 nitrogen and oxygen atoms in total. The van der Waals surface area contributed by atoms with Crippen LogP contribution < -0.4 is 10.2 Å². The Morgan fingerprint density at radius 3 is 2.66 bits per heavy atom. The van der Waals surface area contributed by atoms with Gasteiger partial charge in [-0.2, -0.15) is 0 Å². The molecule has 1 fully saturated rings. The molecule has 1 aliphatic heterocycles. The van der Waals surface area contributed by atoms with Crippen molar-refractivity contribution in [3.8, 4) is 0 Å². The molecule has 1 N–H and O–H groups in total. The Kier molecular flexibility index (Phi) is 6.18. The first-order chi connectivity index (χ1) is 15.4. The van der Waals surface area contributed by atoms with E-state index in [1.165, 1.54) is 12.1 Å². The molecule has 3 aromatic rings. The van der Waals surface area contributed by atoms with Gasteiger partial charge in [0.2, 0.25) is 0 Å². The first kappa shape index (κ1) is 21.5. The monoisotopic (exact) mass is 454 g/mol. The Hall–Kier alpha value is -3.72. The van der Waals surface area contributed by atoms with E-state index in [0.717, 1.165) is 42.9 Å². The Morgan fingerprint density at radius 2 is 1.91 bits per heavy atom. The van der Waals surface area contributed by atoms with Crippen molar-refractivity contribution in [1.82, 2.24) is 4.98 Å². The number of ether oxygens (including phenoxy) is 1. The summed E-state index contributed by atoms with van der Waals surface area (Å²) in [5, 5.41) is 14.2. The van der Waals surface area contributed by atoms with Crippen LogP contribution in [-0.2, 0) is 9.53 Å². The molecule has 0 saturated carbocycles. The Labute approximate surface area is 188 Å². The predicted molar refractivity (Wildman–Crippen MR) is 120 cm³/mol. The molecular formula is C22H19ClN4O5. The lowest BCUT2D eigenvalue weighted by atomic mass is 10.1. The summed E-state index contributed by atoms with van der Waals surface area (Å²) in [5.74, 6) is -0.756. The maximum atomic E-state index is 12.8. The second kappa shape index (κ2) is 9.19. The van der Waals surface area contributed by atoms with Crippen molar-refractivity contribution in [2.45, 2.75) is 12.8 Å². The van der Waals surface area contributed by atoms with Gasteiger partial charge in [0.15, 0.2) is 6.61 Å². The van der Waals surface area contributed by atoms with E-state index in [1.807, 2.05) is 29.2 Å². The number of hydrogen-bond donors (Lipinski definition) is 1. The van der Waals surface area contributed by atoms with E-state index in [9.17, 15) is 19.7 Å². The smallest absolute Gasteiger partial charge is 0.342 e. The number of hydrogen-bond acceptors (Lipinski definition) is 7. The molecular weight excluding hydrogens is 436 g/mol. The number of aromatic nitrogens is 1. The SMILES string of the molecule is O=C(COC(=O)c1cc2ccccc2nc1N1CCCC1)Nc1ccc(Cl)c([N+](=O)[O-])c1. The fourth-order valence-corrected chi connectivity index (χ4v) is 3.75. The lowest BCUT2D eigenvalue weighted by Crippen LogP contribution is -2.25. The van der Waals surface area contributed by atoms with Gasteiger partial charge in [-0.15, -0.1) is 0 Å². The van der Waals surface area contributed by atoms with Gasteiger partial charge in [-0.25, -0.2) is 9.78 Å². The van der Waals surface area contributed by atoms with Crippen LogP contribution >= 0.6 is 11.6 Å². The van der Waals surface area contributed by atoms with Crippen LogP contribution in [0.2, 0.25) is 5.02 Å². The highest BCUT2D eigenvalue weighted by molar-refractivity contribution is 6.32. The molecule has 0 radical (unpaired) electrons. The summed E-state index contributed by atoms with van der Waals surface area (Å²) in [6.07, 6.45) is 2.03. The number of nitrogens with one attached hydrogen (secondary N) is 1. The number of nitro groups is 1. The maximum absolute atomic E-state index is 12.8. The predicted octanol–water partition coefficient (Wildman–Crippen LogP) is 4.19. The number of halogens is 1.